The van der Waals surface area contributed by atoms with Crippen molar-refractivity contribution in [2.24, 2.45) is 0 Å². The molecule has 5 heteroatoms. The molecule has 1 saturated heterocycles. The first kappa shape index (κ1) is 14.0. The van der Waals surface area contributed by atoms with Crippen LogP contribution in [0.3, 0.4) is 0 Å². The van der Waals surface area contributed by atoms with Crippen LogP contribution in [0.1, 0.15) is 10.4 Å². The average Bonchev–Trinajstić information content (AvgIpc) is 2.85. The van der Waals surface area contributed by atoms with E-state index in [1.807, 2.05) is 0 Å². The zero-order valence-electron chi connectivity index (χ0n) is 11.0. The summed E-state index contributed by atoms with van der Waals surface area (Å²) in [6, 6.07) is 8.59. The first-order valence-corrected chi connectivity index (χ1v) is 6.18. The van der Waals surface area contributed by atoms with Gasteiger partial charge in [-0.05, 0) is 18.2 Å². The molecule has 1 heterocycles. The van der Waals surface area contributed by atoms with E-state index in [4.69, 9.17) is 9.47 Å². The lowest BCUT2D eigenvalue weighted by Crippen LogP contribution is -2.30. The minimum atomic E-state index is -0.658. The van der Waals surface area contributed by atoms with Crippen molar-refractivity contribution >= 4 is 12.0 Å². The Bertz CT molecular complexity index is 536. The molecule has 0 atom stereocenters. The summed E-state index contributed by atoms with van der Waals surface area (Å²) in [5, 5.41) is 0. The summed E-state index contributed by atoms with van der Waals surface area (Å²) in [6.07, 6.45) is 2.63. The molecule has 20 heavy (non-hydrogen) atoms. The minimum Gasteiger partial charge on any atom is -0.442 e. The third kappa shape index (κ3) is 3.13. The summed E-state index contributed by atoms with van der Waals surface area (Å²) in [5.41, 5.74) is 0.928. The predicted octanol–water partition coefficient (Wildman–Crippen LogP) is 2.37. The Balaban J connectivity index is 2.12. The van der Waals surface area contributed by atoms with E-state index < -0.39 is 12.0 Å². The molecule has 2 rings (SSSR count). The summed E-state index contributed by atoms with van der Waals surface area (Å²) < 4.78 is 10.1. The lowest BCUT2D eigenvalue weighted by molar-refractivity contribution is 0.0829. The fraction of sp³-hybridized carbons (Fsp3) is 0.200. The van der Waals surface area contributed by atoms with Gasteiger partial charge >= 0.3 is 6.09 Å². The number of benzene rings is 1. The van der Waals surface area contributed by atoms with E-state index in [1.165, 1.54) is 0 Å². The van der Waals surface area contributed by atoms with Gasteiger partial charge in [-0.1, -0.05) is 24.3 Å². The number of carbonyl (C=O) groups excluding carboxylic acids is 2. The van der Waals surface area contributed by atoms with Crippen molar-refractivity contribution in [1.82, 2.24) is 4.90 Å². The molecule has 0 aromatic heterocycles. The van der Waals surface area contributed by atoms with Crippen LogP contribution in [0.2, 0.25) is 0 Å². The van der Waals surface area contributed by atoms with Crippen molar-refractivity contribution < 1.29 is 19.1 Å². The number of nitrogens with zero attached hydrogens (tertiary/aromatic N) is 1. The highest BCUT2D eigenvalue weighted by Gasteiger charge is 2.33. The molecule has 0 N–H and O–H groups in total. The number of imide groups is 1. The summed E-state index contributed by atoms with van der Waals surface area (Å²) in [5.74, 6) is -0.400. The van der Waals surface area contributed by atoms with E-state index in [2.05, 4.69) is 6.58 Å². The minimum absolute atomic E-state index is 0.0782. The van der Waals surface area contributed by atoms with Crippen molar-refractivity contribution in [3.63, 3.8) is 0 Å². The SMILES string of the molecule is C=CCOC/C=C1\COC(=O)N1C(=O)c1ccccc1. The number of amides is 2. The van der Waals surface area contributed by atoms with Crippen LogP contribution in [0.25, 0.3) is 0 Å². The van der Waals surface area contributed by atoms with Crippen molar-refractivity contribution in [2.75, 3.05) is 19.8 Å². The van der Waals surface area contributed by atoms with Crippen LogP contribution < -0.4 is 0 Å². The van der Waals surface area contributed by atoms with E-state index in [0.29, 0.717) is 17.9 Å². The fourth-order valence-electron chi connectivity index (χ4n) is 1.76. The van der Waals surface area contributed by atoms with Gasteiger partial charge in [0.25, 0.3) is 5.91 Å². The number of hydrogen-bond donors (Lipinski definition) is 0. The van der Waals surface area contributed by atoms with Crippen LogP contribution in [0, 0.1) is 0 Å². The highest BCUT2D eigenvalue weighted by molar-refractivity contribution is 6.05. The second-order valence-corrected chi connectivity index (χ2v) is 4.08. The van der Waals surface area contributed by atoms with Gasteiger partial charge in [-0.25, -0.2) is 9.69 Å². The molecule has 5 nitrogen and oxygen atoms in total. The third-order valence-electron chi connectivity index (χ3n) is 2.71. The summed E-state index contributed by atoms with van der Waals surface area (Å²) in [4.78, 5) is 25.0. The predicted molar refractivity (Wildman–Crippen MR) is 73.1 cm³/mol. The molecular formula is C15H15NO4. The number of ether oxygens (including phenoxy) is 2. The molecular weight excluding hydrogens is 258 g/mol. The van der Waals surface area contributed by atoms with E-state index in [1.54, 1.807) is 42.5 Å². The van der Waals surface area contributed by atoms with Gasteiger partial charge in [0.1, 0.15) is 6.61 Å². The summed E-state index contributed by atoms with van der Waals surface area (Å²) in [7, 11) is 0. The Hall–Kier alpha value is -2.40. The van der Waals surface area contributed by atoms with Gasteiger partial charge in [-0.3, -0.25) is 4.79 Å². The van der Waals surface area contributed by atoms with Crippen molar-refractivity contribution in [1.29, 1.82) is 0 Å². The smallest absolute Gasteiger partial charge is 0.421 e. The van der Waals surface area contributed by atoms with Crippen LogP contribution in [0.4, 0.5) is 4.79 Å². The van der Waals surface area contributed by atoms with Crippen molar-refractivity contribution in [3.05, 3.63) is 60.3 Å². The Labute approximate surface area is 117 Å². The van der Waals surface area contributed by atoms with Gasteiger partial charge in [0.05, 0.1) is 18.9 Å². The molecule has 1 aliphatic heterocycles. The molecule has 1 aromatic carbocycles. The van der Waals surface area contributed by atoms with Gasteiger partial charge in [-0.15, -0.1) is 6.58 Å². The molecule has 1 aliphatic rings. The first-order valence-electron chi connectivity index (χ1n) is 6.18. The van der Waals surface area contributed by atoms with Gasteiger partial charge in [0, 0.05) is 5.56 Å². The number of rotatable bonds is 5. The Morgan fingerprint density at radius 2 is 2.10 bits per heavy atom. The molecule has 1 aromatic rings. The van der Waals surface area contributed by atoms with Crippen LogP contribution in [0.5, 0.6) is 0 Å². The van der Waals surface area contributed by atoms with Crippen molar-refractivity contribution in [2.45, 2.75) is 0 Å². The summed E-state index contributed by atoms with van der Waals surface area (Å²) in [6.45, 7) is 4.31. The lowest BCUT2D eigenvalue weighted by Gasteiger charge is -2.12. The highest BCUT2D eigenvalue weighted by Crippen LogP contribution is 2.19. The standard InChI is InChI=1S/C15H15NO4/c1-2-9-19-10-8-13-11-20-15(18)16(13)14(17)12-6-4-3-5-7-12/h2-8H,1,9-11H2/b13-8+. The maximum atomic E-state index is 12.3. The van der Waals surface area contributed by atoms with Gasteiger partial charge < -0.3 is 9.47 Å². The van der Waals surface area contributed by atoms with Crippen LogP contribution in [0.15, 0.2) is 54.8 Å². The molecule has 0 aliphatic carbocycles. The van der Waals surface area contributed by atoms with Gasteiger partial charge in [0.2, 0.25) is 0 Å². The molecule has 0 saturated carbocycles. The fourth-order valence-corrected chi connectivity index (χ4v) is 1.76. The maximum absolute atomic E-state index is 12.3. The van der Waals surface area contributed by atoms with Gasteiger partial charge in [-0.2, -0.15) is 0 Å². The van der Waals surface area contributed by atoms with Gasteiger partial charge in [0.15, 0.2) is 0 Å². The molecule has 0 unspecified atom stereocenters. The second kappa shape index (κ2) is 6.68. The van der Waals surface area contributed by atoms with E-state index >= 15 is 0 Å². The Kier molecular flexibility index (Phi) is 4.68. The Morgan fingerprint density at radius 1 is 1.35 bits per heavy atom. The zero-order chi connectivity index (χ0) is 14.4. The third-order valence-corrected chi connectivity index (χ3v) is 2.71. The van der Waals surface area contributed by atoms with E-state index in [0.717, 1.165) is 4.90 Å². The first-order chi connectivity index (χ1) is 9.74. The molecule has 0 bridgehead atoms. The number of carbonyl (C=O) groups is 2. The Morgan fingerprint density at radius 3 is 2.80 bits per heavy atom. The quantitative estimate of drug-likeness (QED) is 0.610. The van der Waals surface area contributed by atoms with Crippen molar-refractivity contribution in [3.8, 4) is 0 Å². The van der Waals surface area contributed by atoms with Crippen LogP contribution in [-0.4, -0.2) is 36.7 Å². The lowest BCUT2D eigenvalue weighted by atomic mass is 10.2. The molecule has 2 amide bonds. The topological polar surface area (TPSA) is 55.8 Å². The second-order valence-electron chi connectivity index (χ2n) is 4.08. The monoisotopic (exact) mass is 273 g/mol. The largest absolute Gasteiger partial charge is 0.442 e. The molecule has 0 radical (unpaired) electrons. The molecule has 0 spiro atoms. The van der Waals surface area contributed by atoms with E-state index in [-0.39, 0.29) is 13.2 Å². The highest BCUT2D eigenvalue weighted by atomic mass is 16.6. The van der Waals surface area contributed by atoms with Crippen LogP contribution >= 0.6 is 0 Å². The summed E-state index contributed by atoms with van der Waals surface area (Å²) >= 11 is 0. The van der Waals surface area contributed by atoms with E-state index in [9.17, 15) is 9.59 Å². The number of cyclic esters (lactones) is 1. The maximum Gasteiger partial charge on any atom is 0.421 e. The normalized spacial score (nSPS) is 16.3. The zero-order valence-corrected chi connectivity index (χ0v) is 11.0. The number of hydrogen-bond acceptors (Lipinski definition) is 4. The molecule has 104 valence electrons. The molecule has 1 fully saturated rings. The van der Waals surface area contributed by atoms with Crippen LogP contribution in [-0.2, 0) is 9.47 Å². The average molecular weight is 273 g/mol.